The first kappa shape index (κ1) is 10.4. The van der Waals surface area contributed by atoms with Crippen LogP contribution < -0.4 is 5.73 Å². The predicted octanol–water partition coefficient (Wildman–Crippen LogP) is 1.70. The maximum absolute atomic E-state index is 5.76. The highest BCUT2D eigenvalue weighted by molar-refractivity contribution is 4.92. The van der Waals surface area contributed by atoms with Crippen LogP contribution in [-0.4, -0.2) is 30.6 Å². The molecule has 1 aliphatic carbocycles. The number of piperidine rings is 1. The Morgan fingerprint density at radius 3 is 2.79 bits per heavy atom. The summed E-state index contributed by atoms with van der Waals surface area (Å²) in [5.41, 5.74) is 5.76. The molecule has 0 amide bonds. The number of hydrogen-bond acceptors (Lipinski definition) is 2. The van der Waals surface area contributed by atoms with Gasteiger partial charge in [-0.3, -0.25) is 0 Å². The topological polar surface area (TPSA) is 29.3 Å². The summed E-state index contributed by atoms with van der Waals surface area (Å²) in [5, 5.41) is 0. The van der Waals surface area contributed by atoms with Crippen molar-refractivity contribution in [3.8, 4) is 0 Å². The highest BCUT2D eigenvalue weighted by Crippen LogP contribution is 2.42. The molecular formula is C12H24N2. The highest BCUT2D eigenvalue weighted by atomic mass is 15.2. The zero-order valence-corrected chi connectivity index (χ0v) is 9.58. The SMILES string of the molecule is CC1CC1C(C)N1CCCC(CN)C1. The minimum absolute atomic E-state index is 0.764. The third kappa shape index (κ3) is 2.12. The van der Waals surface area contributed by atoms with Gasteiger partial charge in [0.15, 0.2) is 0 Å². The lowest BCUT2D eigenvalue weighted by Crippen LogP contribution is -2.44. The molecule has 1 aliphatic heterocycles. The Morgan fingerprint density at radius 2 is 2.21 bits per heavy atom. The summed E-state index contributed by atoms with van der Waals surface area (Å²) in [5.74, 6) is 2.72. The fourth-order valence-electron chi connectivity index (χ4n) is 2.95. The summed E-state index contributed by atoms with van der Waals surface area (Å²) in [7, 11) is 0. The molecular weight excluding hydrogens is 172 g/mol. The Balaban J connectivity index is 1.84. The molecule has 2 rings (SSSR count). The monoisotopic (exact) mass is 196 g/mol. The van der Waals surface area contributed by atoms with Gasteiger partial charge in [-0.15, -0.1) is 0 Å². The summed E-state index contributed by atoms with van der Waals surface area (Å²) >= 11 is 0. The van der Waals surface area contributed by atoms with E-state index in [2.05, 4.69) is 18.7 Å². The summed E-state index contributed by atoms with van der Waals surface area (Å²) < 4.78 is 0. The number of nitrogens with two attached hydrogens (primary N) is 1. The minimum Gasteiger partial charge on any atom is -0.330 e. The Kier molecular flexibility index (Phi) is 3.13. The van der Waals surface area contributed by atoms with Crippen LogP contribution in [0.3, 0.4) is 0 Å². The molecule has 4 atom stereocenters. The van der Waals surface area contributed by atoms with E-state index in [1.165, 1.54) is 32.4 Å². The molecule has 1 saturated heterocycles. The van der Waals surface area contributed by atoms with Gasteiger partial charge in [0.05, 0.1) is 0 Å². The molecule has 4 unspecified atom stereocenters. The van der Waals surface area contributed by atoms with Gasteiger partial charge in [0.2, 0.25) is 0 Å². The van der Waals surface area contributed by atoms with Gasteiger partial charge in [-0.25, -0.2) is 0 Å². The van der Waals surface area contributed by atoms with Crippen LogP contribution >= 0.6 is 0 Å². The number of likely N-dealkylation sites (tertiary alicyclic amines) is 1. The van der Waals surface area contributed by atoms with Crippen molar-refractivity contribution in [3.63, 3.8) is 0 Å². The molecule has 0 aromatic heterocycles. The van der Waals surface area contributed by atoms with Gasteiger partial charge in [-0.1, -0.05) is 6.92 Å². The van der Waals surface area contributed by atoms with Crippen molar-refractivity contribution in [2.24, 2.45) is 23.5 Å². The third-order valence-electron chi connectivity index (χ3n) is 4.25. The smallest absolute Gasteiger partial charge is 0.00979 e. The van der Waals surface area contributed by atoms with Crippen LogP contribution in [0.4, 0.5) is 0 Å². The number of hydrogen-bond donors (Lipinski definition) is 1. The van der Waals surface area contributed by atoms with Crippen LogP contribution in [0.15, 0.2) is 0 Å². The number of rotatable bonds is 3. The lowest BCUT2D eigenvalue weighted by atomic mass is 9.96. The molecule has 0 aromatic carbocycles. The van der Waals surface area contributed by atoms with E-state index < -0.39 is 0 Å². The maximum Gasteiger partial charge on any atom is 0.00979 e. The van der Waals surface area contributed by atoms with Crippen molar-refractivity contribution in [1.29, 1.82) is 0 Å². The maximum atomic E-state index is 5.76. The van der Waals surface area contributed by atoms with Crippen LogP contribution in [0.1, 0.15) is 33.1 Å². The standard InChI is InChI=1S/C12H24N2/c1-9-6-12(9)10(2)14-5-3-4-11(7-13)8-14/h9-12H,3-8,13H2,1-2H3. The van der Waals surface area contributed by atoms with Crippen molar-refractivity contribution >= 4 is 0 Å². The molecule has 1 heterocycles. The predicted molar refractivity (Wildman–Crippen MR) is 60.1 cm³/mol. The van der Waals surface area contributed by atoms with Crippen molar-refractivity contribution < 1.29 is 0 Å². The van der Waals surface area contributed by atoms with Crippen LogP contribution in [-0.2, 0) is 0 Å². The third-order valence-corrected chi connectivity index (χ3v) is 4.25. The zero-order chi connectivity index (χ0) is 10.1. The first-order valence-electron chi connectivity index (χ1n) is 6.16. The van der Waals surface area contributed by atoms with Crippen molar-refractivity contribution in [2.45, 2.75) is 39.2 Å². The van der Waals surface area contributed by atoms with Gasteiger partial charge in [-0.05, 0) is 57.0 Å². The molecule has 14 heavy (non-hydrogen) atoms. The molecule has 2 N–H and O–H groups in total. The Bertz CT molecular complexity index is 193. The quantitative estimate of drug-likeness (QED) is 0.744. The Morgan fingerprint density at radius 1 is 1.50 bits per heavy atom. The lowest BCUT2D eigenvalue weighted by molar-refractivity contribution is 0.119. The molecule has 0 radical (unpaired) electrons. The fraction of sp³-hybridized carbons (Fsp3) is 1.00. The average Bonchev–Trinajstić information content (AvgIpc) is 2.94. The van der Waals surface area contributed by atoms with E-state index in [1.54, 1.807) is 0 Å². The first-order chi connectivity index (χ1) is 6.72. The molecule has 2 nitrogen and oxygen atoms in total. The van der Waals surface area contributed by atoms with Crippen molar-refractivity contribution in [2.75, 3.05) is 19.6 Å². The van der Waals surface area contributed by atoms with Crippen LogP contribution in [0.25, 0.3) is 0 Å². The first-order valence-corrected chi connectivity index (χ1v) is 6.16. The van der Waals surface area contributed by atoms with Gasteiger partial charge >= 0.3 is 0 Å². The van der Waals surface area contributed by atoms with Crippen molar-refractivity contribution in [3.05, 3.63) is 0 Å². The van der Waals surface area contributed by atoms with Gasteiger partial charge in [0.1, 0.15) is 0 Å². The molecule has 82 valence electrons. The zero-order valence-electron chi connectivity index (χ0n) is 9.58. The Hall–Kier alpha value is -0.0800. The molecule has 2 heteroatoms. The van der Waals surface area contributed by atoms with E-state index >= 15 is 0 Å². The molecule has 1 saturated carbocycles. The van der Waals surface area contributed by atoms with Crippen LogP contribution in [0.5, 0.6) is 0 Å². The lowest BCUT2D eigenvalue weighted by Gasteiger charge is -2.36. The largest absolute Gasteiger partial charge is 0.330 e. The van der Waals surface area contributed by atoms with E-state index in [4.69, 9.17) is 5.73 Å². The normalized spacial score (nSPS) is 40.9. The summed E-state index contributed by atoms with van der Waals surface area (Å²) in [4.78, 5) is 2.68. The van der Waals surface area contributed by atoms with Crippen molar-refractivity contribution in [1.82, 2.24) is 4.90 Å². The fourth-order valence-corrected chi connectivity index (χ4v) is 2.95. The second-order valence-corrected chi connectivity index (χ2v) is 5.36. The number of nitrogens with zero attached hydrogens (tertiary/aromatic N) is 1. The molecule has 2 aliphatic rings. The second kappa shape index (κ2) is 4.19. The average molecular weight is 196 g/mol. The second-order valence-electron chi connectivity index (χ2n) is 5.36. The van der Waals surface area contributed by atoms with Crippen LogP contribution in [0, 0.1) is 17.8 Å². The van der Waals surface area contributed by atoms with Crippen LogP contribution in [0.2, 0.25) is 0 Å². The van der Waals surface area contributed by atoms with E-state index in [0.717, 1.165) is 30.3 Å². The molecule has 0 spiro atoms. The van der Waals surface area contributed by atoms with Gasteiger partial charge < -0.3 is 10.6 Å². The minimum atomic E-state index is 0.764. The summed E-state index contributed by atoms with van der Waals surface area (Å²) in [6.45, 7) is 8.23. The van der Waals surface area contributed by atoms with Gasteiger partial charge in [0.25, 0.3) is 0 Å². The van der Waals surface area contributed by atoms with E-state index in [0.29, 0.717) is 0 Å². The van der Waals surface area contributed by atoms with E-state index in [9.17, 15) is 0 Å². The molecule has 0 bridgehead atoms. The Labute approximate surface area is 87.8 Å². The summed E-state index contributed by atoms with van der Waals surface area (Å²) in [6.07, 6.45) is 4.15. The molecule has 0 aromatic rings. The van der Waals surface area contributed by atoms with E-state index in [1.807, 2.05) is 0 Å². The summed E-state index contributed by atoms with van der Waals surface area (Å²) in [6, 6.07) is 0.805. The highest BCUT2D eigenvalue weighted by Gasteiger charge is 2.40. The van der Waals surface area contributed by atoms with Gasteiger partial charge in [-0.2, -0.15) is 0 Å². The molecule has 2 fully saturated rings. The van der Waals surface area contributed by atoms with Gasteiger partial charge in [0, 0.05) is 12.6 Å². The van der Waals surface area contributed by atoms with E-state index in [-0.39, 0.29) is 0 Å².